The molecule has 0 atom stereocenters. The fourth-order valence-corrected chi connectivity index (χ4v) is 10.0. The molecule has 5 rings (SSSR count). The van der Waals surface area contributed by atoms with Gasteiger partial charge in [0, 0.05) is 19.5 Å². The van der Waals surface area contributed by atoms with Gasteiger partial charge in [-0.2, -0.15) is 0 Å². The van der Waals surface area contributed by atoms with Crippen molar-refractivity contribution in [3.8, 4) is 0 Å². The van der Waals surface area contributed by atoms with E-state index >= 15 is 0 Å². The summed E-state index contributed by atoms with van der Waals surface area (Å²) in [4.78, 5) is 2.71. The summed E-state index contributed by atoms with van der Waals surface area (Å²) in [6, 6.07) is 54.7. The average molecular weight is 792 g/mol. The van der Waals surface area contributed by atoms with E-state index in [4.69, 9.17) is 31.6 Å². The van der Waals surface area contributed by atoms with Crippen LogP contribution in [0.15, 0.2) is 152 Å². The Labute approximate surface area is 300 Å². The van der Waals surface area contributed by atoms with Gasteiger partial charge in [0.1, 0.15) is 0 Å². The number of thiocarbonyl (C=S) groups is 1. The number of hydrogen-bond donors (Lipinski definition) is 0. The van der Waals surface area contributed by atoms with Crippen LogP contribution in [-0.4, -0.2) is 42.2 Å². The first-order valence-corrected chi connectivity index (χ1v) is 23.5. The van der Waals surface area contributed by atoms with Crippen LogP contribution in [-0.2, 0) is 21.6 Å². The molecule has 0 fully saturated rings. The number of rotatable bonds is 14. The van der Waals surface area contributed by atoms with Crippen molar-refractivity contribution < 1.29 is 15.1 Å². The van der Waals surface area contributed by atoms with Crippen LogP contribution in [0.1, 0.15) is 18.9 Å². The van der Waals surface area contributed by atoms with Crippen LogP contribution < -0.4 is 21.2 Å². The molecule has 0 aliphatic carbocycles. The third-order valence-corrected chi connectivity index (χ3v) is 12.4. The molecule has 0 saturated heterocycles. The zero-order valence-corrected chi connectivity index (χ0v) is 32.2. The molecule has 0 aromatic heterocycles. The first-order chi connectivity index (χ1) is 22.7. The molecule has 46 heavy (non-hydrogen) atoms. The second kappa shape index (κ2) is 24.4. The Morgan fingerprint density at radius 2 is 0.848 bits per heavy atom. The fraction of sp³-hybridized carbons (Fsp3) is 0.205. The predicted octanol–water partition coefficient (Wildman–Crippen LogP) is 9.57. The summed E-state index contributed by atoms with van der Waals surface area (Å²) in [7, 11) is 9.02. The van der Waals surface area contributed by atoms with Crippen LogP contribution in [0.2, 0.25) is 0 Å². The normalized spacial score (nSPS) is 10.7. The van der Waals surface area contributed by atoms with Gasteiger partial charge in [0.15, 0.2) is 0 Å². The summed E-state index contributed by atoms with van der Waals surface area (Å²) in [6.07, 6.45) is 4.51. The van der Waals surface area contributed by atoms with Crippen molar-refractivity contribution in [3.63, 3.8) is 0 Å². The Bertz CT molecular complexity index is 1290. The summed E-state index contributed by atoms with van der Waals surface area (Å²) in [5, 5.41) is 7.67. The van der Waals surface area contributed by atoms with E-state index < -0.39 is 0 Å². The average Bonchev–Trinajstić information content (AvgIpc) is 3.11. The molecule has 1 nitrogen and oxygen atoms in total. The van der Waals surface area contributed by atoms with Crippen LogP contribution in [0.3, 0.4) is 0 Å². The molecule has 0 spiro atoms. The summed E-state index contributed by atoms with van der Waals surface area (Å²) < 4.78 is 0. The third kappa shape index (κ3) is 14.5. The topological polar surface area (TPSA) is 3.24 Å². The molecule has 0 unspecified atom stereocenters. The van der Waals surface area contributed by atoms with Crippen molar-refractivity contribution in [1.82, 2.24) is 4.90 Å². The maximum absolute atomic E-state index is 4.85. The van der Waals surface area contributed by atoms with Crippen LogP contribution in [0.25, 0.3) is 0 Å². The Balaban J connectivity index is 0.000000405. The molecule has 0 amide bonds. The first-order valence-electron chi connectivity index (χ1n) is 15.5. The van der Waals surface area contributed by atoms with E-state index in [1.54, 1.807) is 5.37 Å². The quantitative estimate of drug-likeness (QED) is 0.0627. The summed E-state index contributed by atoms with van der Waals surface area (Å²) in [6.45, 7) is 5.77. The molecule has 7 heteroatoms. The van der Waals surface area contributed by atoms with Gasteiger partial charge in [-0.3, -0.25) is 0 Å². The number of hydrogen-bond acceptors (Lipinski definition) is 2. The van der Waals surface area contributed by atoms with E-state index in [9.17, 15) is 0 Å². The van der Waals surface area contributed by atoms with Crippen molar-refractivity contribution in [2.24, 2.45) is 0 Å². The van der Waals surface area contributed by atoms with Gasteiger partial charge < -0.3 is 4.90 Å². The minimum atomic E-state index is -0.346. The predicted molar refractivity (Wildman–Crippen MR) is 210 cm³/mol. The molecular weight excluding hydrogens is 748 g/mol. The van der Waals surface area contributed by atoms with Crippen LogP contribution in [0.5, 0.6) is 0 Å². The molecule has 0 aliphatic rings. The van der Waals surface area contributed by atoms with E-state index in [2.05, 4.69) is 145 Å². The number of nitrogens with zero attached hydrogens (tertiary/aromatic N) is 1. The molecule has 0 radical (unpaired) electrons. The fourth-order valence-electron chi connectivity index (χ4n) is 5.09. The van der Waals surface area contributed by atoms with Crippen molar-refractivity contribution in [2.75, 3.05) is 32.0 Å². The Morgan fingerprint density at radius 1 is 0.543 bits per heavy atom. The molecule has 0 bridgehead atoms. The Morgan fingerprint density at radius 3 is 1.13 bits per heavy atom. The van der Waals surface area contributed by atoms with Crippen LogP contribution in [0, 0.1) is 0 Å². The van der Waals surface area contributed by atoms with Crippen LogP contribution in [0.4, 0.5) is 0 Å². The second-order valence-electron chi connectivity index (χ2n) is 10.4. The Kier molecular flexibility index (Phi) is 20.5. The zero-order valence-electron chi connectivity index (χ0n) is 26.3. The number of halogens is 2. The van der Waals surface area contributed by atoms with Crippen molar-refractivity contribution in [2.45, 2.75) is 19.8 Å². The third-order valence-electron chi connectivity index (χ3n) is 7.25. The summed E-state index contributed by atoms with van der Waals surface area (Å²) in [5.41, 5.74) is 1.28. The van der Waals surface area contributed by atoms with Crippen molar-refractivity contribution in [1.29, 1.82) is 0 Å². The van der Waals surface area contributed by atoms with Gasteiger partial charge in [0.25, 0.3) is 0 Å². The Hall–Kier alpha value is -1.79. The van der Waals surface area contributed by atoms with E-state index in [1.807, 2.05) is 18.2 Å². The van der Waals surface area contributed by atoms with E-state index in [-0.39, 0.29) is 31.0 Å². The van der Waals surface area contributed by atoms with Crippen molar-refractivity contribution >= 4 is 74.0 Å². The first kappa shape index (κ1) is 38.7. The van der Waals surface area contributed by atoms with Gasteiger partial charge in [0.05, 0.1) is 0 Å². The molecule has 0 saturated carbocycles. The van der Waals surface area contributed by atoms with Gasteiger partial charge in [0.2, 0.25) is 0 Å². The summed E-state index contributed by atoms with van der Waals surface area (Å²) in [5.74, 6) is 0. The van der Waals surface area contributed by atoms with E-state index in [0.717, 1.165) is 19.5 Å². The molecule has 0 aliphatic heterocycles. The molecule has 0 N–H and O–H groups in total. The van der Waals surface area contributed by atoms with Gasteiger partial charge in [-0.15, -0.1) is 0 Å². The van der Waals surface area contributed by atoms with Crippen LogP contribution >= 0.6 is 47.4 Å². The van der Waals surface area contributed by atoms with Gasteiger partial charge in [-0.1, -0.05) is 171 Å². The number of benzene rings is 5. The molecular formula is C39H43Cl2NP2RuS. The maximum atomic E-state index is 4.85. The van der Waals surface area contributed by atoms with Gasteiger partial charge in [-0.25, -0.2) is 0 Å². The van der Waals surface area contributed by atoms with E-state index in [1.165, 1.54) is 52.1 Å². The van der Waals surface area contributed by atoms with Crippen molar-refractivity contribution in [3.05, 3.63) is 157 Å². The monoisotopic (exact) mass is 791 g/mol. The zero-order chi connectivity index (χ0) is 32.7. The molecule has 5 aromatic carbocycles. The molecule has 5 aromatic rings. The molecule has 242 valence electrons. The van der Waals surface area contributed by atoms with Gasteiger partial charge in [-0.05, 0) is 73.3 Å². The minimum absolute atomic E-state index is 0.344. The standard InChI is InChI=1S/C31H35NP2.C8H8S.2ClH.Ru/c1-2-23-32(24-26-33(28-15-7-3-8-16-28)29-17-9-4-10-18-29)25-27-34(30-19-11-5-12-20-30)31-21-13-6-14-22-31;9-7-6-8-4-2-1-3-5-8;;;/h3-22H,2,23-27H2,1H3;1-5,7H,6H2;2*1H;/q;;;;+2/p-2. The SMILES string of the molecule is CCCN(CCP(c1ccccc1)c1ccccc1)CCP(c1ccccc1)c1ccccc1.S=CCc1ccccc1.[Cl][Ru][Cl]. The summed E-state index contributed by atoms with van der Waals surface area (Å²) >= 11 is 4.36. The second-order valence-corrected chi connectivity index (χ2v) is 18.0. The van der Waals surface area contributed by atoms with E-state index in [0.29, 0.717) is 0 Å². The van der Waals surface area contributed by atoms with Gasteiger partial charge >= 0.3 is 34.5 Å². The molecule has 0 heterocycles.